The Labute approximate surface area is 122 Å². The molecule has 0 fully saturated rings. The van der Waals surface area contributed by atoms with Gasteiger partial charge in [-0.3, -0.25) is 0 Å². The maximum atomic E-state index is 12.7. The lowest BCUT2D eigenvalue weighted by molar-refractivity contribution is -0.150. The zero-order valence-electron chi connectivity index (χ0n) is 11.8. The number of ether oxygens (including phenoxy) is 1. The van der Waals surface area contributed by atoms with E-state index in [1.807, 2.05) is 0 Å². The Morgan fingerprint density at radius 3 is 1.77 bits per heavy atom. The van der Waals surface area contributed by atoms with Crippen molar-refractivity contribution in [3.8, 4) is 0 Å². The quantitative estimate of drug-likeness (QED) is 0.676. The lowest BCUT2D eigenvalue weighted by Gasteiger charge is -2.18. The predicted molar refractivity (Wildman–Crippen MR) is 65.5 cm³/mol. The second-order valence-electron chi connectivity index (χ2n) is 4.47. The van der Waals surface area contributed by atoms with E-state index in [1.165, 1.54) is 21.0 Å². The van der Waals surface area contributed by atoms with E-state index in [4.69, 9.17) is 4.74 Å². The zero-order chi connectivity index (χ0) is 17.3. The standard InChI is InChI=1S/C13H13F6NO2/c1-6(21)11(7(2)22-3)8-4-9(12(14,15)16)20-10(5-8)13(17,18)19/h4-6,21H,1-3H3/b11-7+. The molecule has 0 saturated heterocycles. The minimum Gasteiger partial charge on any atom is -0.501 e. The van der Waals surface area contributed by atoms with E-state index in [9.17, 15) is 31.4 Å². The molecule has 124 valence electrons. The van der Waals surface area contributed by atoms with Gasteiger partial charge < -0.3 is 9.84 Å². The topological polar surface area (TPSA) is 42.4 Å². The minimum atomic E-state index is -5.05. The van der Waals surface area contributed by atoms with Gasteiger partial charge in [-0.15, -0.1) is 0 Å². The van der Waals surface area contributed by atoms with Crippen LogP contribution in [0.1, 0.15) is 30.8 Å². The maximum Gasteiger partial charge on any atom is 0.433 e. The number of hydrogen-bond donors (Lipinski definition) is 1. The van der Waals surface area contributed by atoms with Gasteiger partial charge in [0.05, 0.1) is 19.0 Å². The highest BCUT2D eigenvalue weighted by Crippen LogP contribution is 2.36. The van der Waals surface area contributed by atoms with Crippen LogP contribution in [0.2, 0.25) is 0 Å². The van der Waals surface area contributed by atoms with Gasteiger partial charge in [-0.25, -0.2) is 4.98 Å². The molecular formula is C13H13F6NO2. The van der Waals surface area contributed by atoms with E-state index < -0.39 is 35.4 Å². The molecule has 3 nitrogen and oxygen atoms in total. The molecule has 0 bridgehead atoms. The number of halogens is 6. The first kappa shape index (κ1) is 18.3. The van der Waals surface area contributed by atoms with Crippen molar-refractivity contribution < 1.29 is 36.2 Å². The molecule has 1 aromatic rings. The number of hydrogen-bond acceptors (Lipinski definition) is 3. The van der Waals surface area contributed by atoms with Crippen molar-refractivity contribution in [3.63, 3.8) is 0 Å². The SMILES string of the molecule is CO/C(C)=C(/c1cc(C(F)(F)F)nc(C(F)(F)F)c1)C(C)O. The van der Waals surface area contributed by atoms with Crippen molar-refractivity contribution in [2.75, 3.05) is 7.11 Å². The Hall–Kier alpha value is -1.77. The van der Waals surface area contributed by atoms with E-state index in [0.29, 0.717) is 12.1 Å². The van der Waals surface area contributed by atoms with E-state index in [-0.39, 0.29) is 11.3 Å². The lowest BCUT2D eigenvalue weighted by atomic mass is 9.99. The number of aliphatic hydroxyl groups excluding tert-OH is 1. The molecule has 0 saturated carbocycles. The third kappa shape index (κ3) is 4.12. The van der Waals surface area contributed by atoms with Gasteiger partial charge >= 0.3 is 12.4 Å². The predicted octanol–water partition coefficient (Wildman–Crippen LogP) is 3.88. The largest absolute Gasteiger partial charge is 0.501 e. The zero-order valence-corrected chi connectivity index (χ0v) is 11.8. The molecular weight excluding hydrogens is 316 g/mol. The number of alkyl halides is 6. The molecule has 0 radical (unpaired) electrons. The second-order valence-corrected chi connectivity index (χ2v) is 4.47. The molecule has 1 unspecified atom stereocenters. The second kappa shape index (κ2) is 6.15. The fourth-order valence-electron chi connectivity index (χ4n) is 1.83. The van der Waals surface area contributed by atoms with Gasteiger partial charge in [0.1, 0.15) is 11.4 Å². The van der Waals surface area contributed by atoms with E-state index >= 15 is 0 Å². The van der Waals surface area contributed by atoms with Crippen LogP contribution < -0.4 is 0 Å². The number of nitrogens with zero attached hydrogens (tertiary/aromatic N) is 1. The van der Waals surface area contributed by atoms with E-state index in [2.05, 4.69) is 4.98 Å². The molecule has 1 atom stereocenters. The van der Waals surface area contributed by atoms with Crippen molar-refractivity contribution >= 4 is 5.57 Å². The average Bonchev–Trinajstić information content (AvgIpc) is 2.35. The Bertz CT molecular complexity index is 543. The molecule has 1 aromatic heterocycles. The Morgan fingerprint density at radius 2 is 1.50 bits per heavy atom. The van der Waals surface area contributed by atoms with Crippen LogP contribution in [0.25, 0.3) is 5.57 Å². The summed E-state index contributed by atoms with van der Waals surface area (Å²) in [6.07, 6.45) is -11.4. The van der Waals surface area contributed by atoms with Crippen LogP contribution in [0.4, 0.5) is 26.3 Å². The van der Waals surface area contributed by atoms with Crippen LogP contribution in [0.15, 0.2) is 17.9 Å². The van der Waals surface area contributed by atoms with Crippen LogP contribution in [0.3, 0.4) is 0 Å². The summed E-state index contributed by atoms with van der Waals surface area (Å²) in [5.41, 5.74) is -4.02. The Balaban J connectivity index is 3.67. The Kier molecular flexibility index (Phi) is 5.11. The molecule has 1 N–H and O–H groups in total. The fourth-order valence-corrected chi connectivity index (χ4v) is 1.83. The van der Waals surface area contributed by atoms with Gasteiger partial charge in [-0.2, -0.15) is 26.3 Å². The molecule has 22 heavy (non-hydrogen) atoms. The molecule has 0 aliphatic heterocycles. The number of allylic oxidation sites excluding steroid dienone is 1. The van der Waals surface area contributed by atoms with Crippen molar-refractivity contribution in [1.29, 1.82) is 0 Å². The van der Waals surface area contributed by atoms with E-state index in [0.717, 1.165) is 0 Å². The number of aliphatic hydroxyl groups is 1. The van der Waals surface area contributed by atoms with Gasteiger partial charge in [0.25, 0.3) is 0 Å². The number of rotatable bonds is 3. The number of pyridine rings is 1. The maximum absolute atomic E-state index is 12.7. The summed E-state index contributed by atoms with van der Waals surface area (Å²) >= 11 is 0. The molecule has 0 aromatic carbocycles. The van der Waals surface area contributed by atoms with Crippen LogP contribution in [0, 0.1) is 0 Å². The van der Waals surface area contributed by atoms with Crippen molar-refractivity contribution in [1.82, 2.24) is 4.98 Å². The molecule has 0 spiro atoms. The van der Waals surface area contributed by atoms with Crippen LogP contribution in [0.5, 0.6) is 0 Å². The normalized spacial score (nSPS) is 15.4. The summed E-state index contributed by atoms with van der Waals surface area (Å²) in [6, 6.07) is 0.889. The van der Waals surface area contributed by atoms with Crippen LogP contribution >= 0.6 is 0 Å². The van der Waals surface area contributed by atoms with Gasteiger partial charge in [-0.1, -0.05) is 0 Å². The first-order valence-electron chi connectivity index (χ1n) is 5.97. The molecule has 1 heterocycles. The lowest BCUT2D eigenvalue weighted by Crippen LogP contribution is -2.17. The van der Waals surface area contributed by atoms with Gasteiger partial charge in [0.15, 0.2) is 0 Å². The molecule has 0 aliphatic carbocycles. The highest BCUT2D eigenvalue weighted by molar-refractivity contribution is 5.70. The summed E-state index contributed by atoms with van der Waals surface area (Å²) in [5.74, 6) is 0.00227. The highest BCUT2D eigenvalue weighted by atomic mass is 19.4. The summed E-state index contributed by atoms with van der Waals surface area (Å²) in [7, 11) is 1.19. The van der Waals surface area contributed by atoms with Crippen LogP contribution in [-0.4, -0.2) is 23.3 Å². The first-order chi connectivity index (χ1) is 9.87. The summed E-state index contributed by atoms with van der Waals surface area (Å²) < 4.78 is 81.3. The Morgan fingerprint density at radius 1 is 1.09 bits per heavy atom. The minimum absolute atomic E-state index is 0.00227. The number of aromatic nitrogens is 1. The summed E-state index contributed by atoms with van der Waals surface area (Å²) in [4.78, 5) is 2.61. The highest BCUT2D eigenvalue weighted by Gasteiger charge is 2.39. The van der Waals surface area contributed by atoms with Crippen LogP contribution in [-0.2, 0) is 17.1 Å². The third-order valence-electron chi connectivity index (χ3n) is 2.82. The molecule has 0 aliphatic rings. The smallest absolute Gasteiger partial charge is 0.433 e. The van der Waals surface area contributed by atoms with Gasteiger partial charge in [-0.05, 0) is 31.5 Å². The van der Waals surface area contributed by atoms with Crippen molar-refractivity contribution in [3.05, 3.63) is 34.8 Å². The molecule has 0 amide bonds. The average molecular weight is 329 g/mol. The molecule has 9 heteroatoms. The van der Waals surface area contributed by atoms with E-state index in [1.54, 1.807) is 0 Å². The molecule has 1 rings (SSSR count). The summed E-state index contributed by atoms with van der Waals surface area (Å²) in [5, 5.41) is 9.63. The first-order valence-corrected chi connectivity index (χ1v) is 5.97. The summed E-state index contributed by atoms with van der Waals surface area (Å²) in [6.45, 7) is 2.53. The monoisotopic (exact) mass is 329 g/mol. The van der Waals surface area contributed by atoms with Gasteiger partial charge in [0, 0.05) is 5.57 Å². The third-order valence-corrected chi connectivity index (χ3v) is 2.82. The fraction of sp³-hybridized carbons (Fsp3) is 0.462. The van der Waals surface area contributed by atoms with Gasteiger partial charge in [0.2, 0.25) is 0 Å². The van der Waals surface area contributed by atoms with Crippen molar-refractivity contribution in [2.24, 2.45) is 0 Å². The number of methoxy groups -OCH3 is 1. The van der Waals surface area contributed by atoms with Crippen molar-refractivity contribution in [2.45, 2.75) is 32.3 Å².